The molecule has 0 aromatic heterocycles. The maximum absolute atomic E-state index is 12.5. The topological polar surface area (TPSA) is 58.6 Å². The Morgan fingerprint density at radius 2 is 2.00 bits per heavy atom. The predicted octanol–water partition coefficient (Wildman–Crippen LogP) is 3.87. The zero-order chi connectivity index (χ0) is 17.0. The summed E-state index contributed by atoms with van der Waals surface area (Å²) in [5.41, 5.74) is 2.84. The van der Waals surface area contributed by atoms with Crippen LogP contribution >= 0.6 is 15.9 Å². The van der Waals surface area contributed by atoms with Crippen molar-refractivity contribution in [1.29, 1.82) is 0 Å². The number of nitrogens with one attached hydrogen (secondary N) is 1. The normalized spacial score (nSPS) is 17.7. The first-order valence-corrected chi connectivity index (χ1v) is 8.71. The van der Waals surface area contributed by atoms with Crippen molar-refractivity contribution in [3.8, 4) is 0 Å². The number of anilines is 1. The van der Waals surface area contributed by atoms with E-state index in [9.17, 15) is 9.59 Å². The van der Waals surface area contributed by atoms with Gasteiger partial charge in [0.15, 0.2) is 0 Å². The number of likely N-dealkylation sites (tertiary alicyclic amines) is 1. The number of esters is 1. The van der Waals surface area contributed by atoms with Gasteiger partial charge < -0.3 is 15.0 Å². The second-order valence-electron chi connectivity index (χ2n) is 5.88. The molecule has 1 aliphatic heterocycles. The summed E-state index contributed by atoms with van der Waals surface area (Å²) in [6, 6.07) is 3.79. The third-order valence-corrected chi connectivity index (χ3v) is 4.52. The lowest BCUT2D eigenvalue weighted by Crippen LogP contribution is -2.44. The Labute approximate surface area is 145 Å². The van der Waals surface area contributed by atoms with Gasteiger partial charge >= 0.3 is 12.0 Å². The molecule has 0 bridgehead atoms. The van der Waals surface area contributed by atoms with Crippen LogP contribution in [0.1, 0.15) is 30.9 Å². The highest BCUT2D eigenvalue weighted by Crippen LogP contribution is 2.26. The Morgan fingerprint density at radius 1 is 1.35 bits per heavy atom. The van der Waals surface area contributed by atoms with Crippen molar-refractivity contribution in [3.63, 3.8) is 0 Å². The van der Waals surface area contributed by atoms with Gasteiger partial charge in [0.2, 0.25) is 0 Å². The van der Waals surface area contributed by atoms with E-state index in [2.05, 4.69) is 21.2 Å². The molecule has 0 spiro atoms. The van der Waals surface area contributed by atoms with Gasteiger partial charge in [-0.15, -0.1) is 0 Å². The Morgan fingerprint density at radius 3 is 2.61 bits per heavy atom. The maximum atomic E-state index is 12.5. The molecule has 126 valence electrons. The van der Waals surface area contributed by atoms with Crippen LogP contribution < -0.4 is 5.32 Å². The molecule has 1 aromatic rings. The average molecular weight is 383 g/mol. The number of hydrogen-bond donors (Lipinski definition) is 1. The Hall–Kier alpha value is -1.56. The maximum Gasteiger partial charge on any atom is 0.321 e. The van der Waals surface area contributed by atoms with Gasteiger partial charge in [-0.3, -0.25) is 4.79 Å². The van der Waals surface area contributed by atoms with Crippen LogP contribution in [0.4, 0.5) is 10.5 Å². The Balaban J connectivity index is 2.05. The molecule has 1 atom stereocenters. The van der Waals surface area contributed by atoms with E-state index in [0.717, 1.165) is 34.1 Å². The van der Waals surface area contributed by atoms with Gasteiger partial charge in [-0.1, -0.05) is 15.9 Å². The lowest BCUT2D eigenvalue weighted by molar-refractivity contribution is -0.149. The summed E-state index contributed by atoms with van der Waals surface area (Å²) < 4.78 is 6.07. The van der Waals surface area contributed by atoms with E-state index in [-0.39, 0.29) is 17.9 Å². The molecule has 1 heterocycles. The molecule has 1 aliphatic rings. The Bertz CT molecular complexity index is 580. The van der Waals surface area contributed by atoms with Crippen molar-refractivity contribution in [2.45, 2.75) is 33.6 Å². The predicted molar refractivity (Wildman–Crippen MR) is 93.6 cm³/mol. The van der Waals surface area contributed by atoms with Gasteiger partial charge in [0.25, 0.3) is 0 Å². The lowest BCUT2D eigenvalue weighted by atomic mass is 9.98. The summed E-state index contributed by atoms with van der Waals surface area (Å²) in [6.45, 7) is 7.18. The fourth-order valence-corrected chi connectivity index (χ4v) is 3.59. The number of aryl methyl sites for hydroxylation is 2. The zero-order valence-corrected chi connectivity index (χ0v) is 15.4. The highest BCUT2D eigenvalue weighted by Gasteiger charge is 2.29. The standard InChI is InChI=1S/C17H23BrN2O3/c1-4-23-16(21)13-6-5-7-20(10-13)17(22)19-15-11(2)8-14(18)9-12(15)3/h8-9,13H,4-7,10H2,1-3H3,(H,19,22). The summed E-state index contributed by atoms with van der Waals surface area (Å²) in [7, 11) is 0. The summed E-state index contributed by atoms with van der Waals surface area (Å²) in [6.07, 6.45) is 1.59. The minimum absolute atomic E-state index is 0.160. The molecule has 1 unspecified atom stereocenters. The molecule has 1 fully saturated rings. The van der Waals surface area contributed by atoms with Crippen molar-refractivity contribution in [2.75, 3.05) is 25.0 Å². The number of hydrogen-bond acceptors (Lipinski definition) is 3. The number of urea groups is 1. The van der Waals surface area contributed by atoms with Crippen LogP contribution in [0.3, 0.4) is 0 Å². The molecule has 0 aliphatic carbocycles. The smallest absolute Gasteiger partial charge is 0.321 e. The van der Waals surface area contributed by atoms with Crippen LogP contribution in [0.2, 0.25) is 0 Å². The highest BCUT2D eigenvalue weighted by atomic mass is 79.9. The van der Waals surface area contributed by atoms with Gasteiger partial charge in [-0.2, -0.15) is 0 Å². The largest absolute Gasteiger partial charge is 0.466 e. The minimum atomic E-state index is -0.221. The number of amides is 2. The van der Waals surface area contributed by atoms with Crippen LogP contribution in [-0.2, 0) is 9.53 Å². The summed E-state index contributed by atoms with van der Waals surface area (Å²) in [5.74, 6) is -0.428. The van der Waals surface area contributed by atoms with Crippen LogP contribution in [0.5, 0.6) is 0 Å². The number of carbonyl (C=O) groups excluding carboxylic acids is 2. The van der Waals surface area contributed by atoms with Crippen molar-refractivity contribution in [2.24, 2.45) is 5.92 Å². The molecule has 1 aromatic carbocycles. The third-order valence-electron chi connectivity index (χ3n) is 4.06. The van der Waals surface area contributed by atoms with E-state index < -0.39 is 0 Å². The SMILES string of the molecule is CCOC(=O)C1CCCN(C(=O)Nc2c(C)cc(Br)cc2C)C1. The van der Waals surface area contributed by atoms with Crippen LogP contribution in [0.15, 0.2) is 16.6 Å². The number of ether oxygens (including phenoxy) is 1. The number of carbonyl (C=O) groups is 2. The van der Waals surface area contributed by atoms with E-state index in [0.29, 0.717) is 19.7 Å². The molecule has 6 heteroatoms. The zero-order valence-electron chi connectivity index (χ0n) is 13.8. The number of piperidine rings is 1. The molecular formula is C17H23BrN2O3. The molecule has 0 radical (unpaired) electrons. The van der Waals surface area contributed by atoms with Crippen molar-refractivity contribution >= 4 is 33.6 Å². The van der Waals surface area contributed by atoms with E-state index in [1.54, 1.807) is 11.8 Å². The number of rotatable bonds is 3. The molecule has 1 saturated heterocycles. The second-order valence-corrected chi connectivity index (χ2v) is 6.80. The number of halogens is 1. The van der Waals surface area contributed by atoms with Crippen molar-refractivity contribution < 1.29 is 14.3 Å². The molecular weight excluding hydrogens is 360 g/mol. The van der Waals surface area contributed by atoms with Crippen LogP contribution in [-0.4, -0.2) is 36.6 Å². The van der Waals surface area contributed by atoms with Crippen LogP contribution in [0, 0.1) is 19.8 Å². The summed E-state index contributed by atoms with van der Waals surface area (Å²) in [4.78, 5) is 26.1. The van der Waals surface area contributed by atoms with Crippen LogP contribution in [0.25, 0.3) is 0 Å². The average Bonchev–Trinajstić information content (AvgIpc) is 2.51. The fraction of sp³-hybridized carbons (Fsp3) is 0.529. The molecule has 2 amide bonds. The molecule has 0 saturated carbocycles. The van der Waals surface area contributed by atoms with Gasteiger partial charge in [0.05, 0.1) is 12.5 Å². The van der Waals surface area contributed by atoms with Crippen molar-refractivity contribution in [3.05, 3.63) is 27.7 Å². The first-order valence-electron chi connectivity index (χ1n) is 7.91. The van der Waals surface area contributed by atoms with E-state index >= 15 is 0 Å². The van der Waals surface area contributed by atoms with Gasteiger partial charge in [0, 0.05) is 23.2 Å². The highest BCUT2D eigenvalue weighted by molar-refractivity contribution is 9.10. The van der Waals surface area contributed by atoms with Gasteiger partial charge in [0.1, 0.15) is 0 Å². The van der Waals surface area contributed by atoms with Gasteiger partial charge in [-0.25, -0.2) is 4.79 Å². The number of nitrogens with zero attached hydrogens (tertiary/aromatic N) is 1. The summed E-state index contributed by atoms with van der Waals surface area (Å²) >= 11 is 3.45. The molecule has 5 nitrogen and oxygen atoms in total. The number of benzene rings is 1. The second kappa shape index (κ2) is 7.81. The monoisotopic (exact) mass is 382 g/mol. The Kier molecular flexibility index (Phi) is 6.04. The first-order chi connectivity index (χ1) is 10.9. The molecule has 1 N–H and O–H groups in total. The molecule has 2 rings (SSSR count). The fourth-order valence-electron chi connectivity index (χ4n) is 2.91. The molecule has 23 heavy (non-hydrogen) atoms. The summed E-state index contributed by atoms with van der Waals surface area (Å²) in [5, 5.41) is 2.98. The van der Waals surface area contributed by atoms with E-state index in [4.69, 9.17) is 4.74 Å². The first kappa shape index (κ1) is 17.8. The quantitative estimate of drug-likeness (QED) is 0.807. The van der Waals surface area contributed by atoms with Crippen molar-refractivity contribution in [1.82, 2.24) is 4.90 Å². The van der Waals surface area contributed by atoms with E-state index in [1.165, 1.54) is 0 Å². The lowest BCUT2D eigenvalue weighted by Gasteiger charge is -2.32. The van der Waals surface area contributed by atoms with E-state index in [1.807, 2.05) is 26.0 Å². The minimum Gasteiger partial charge on any atom is -0.466 e. The van der Waals surface area contributed by atoms with Gasteiger partial charge in [-0.05, 0) is 56.9 Å². The third kappa shape index (κ3) is 4.47.